The molecule has 0 atom stereocenters. The SMILES string of the molecule is O=C(C=C(O)c1nn[nH]n1)c1ccoc1S(=O)(=O)c1ccc(Cl)cc1. The number of tetrazole rings is 1. The van der Waals surface area contributed by atoms with Gasteiger partial charge in [0.05, 0.1) is 16.7 Å². The summed E-state index contributed by atoms with van der Waals surface area (Å²) < 4.78 is 30.3. The second-order valence-corrected chi connectivity index (χ2v) is 6.99. The van der Waals surface area contributed by atoms with Crippen molar-refractivity contribution in [2.24, 2.45) is 0 Å². The van der Waals surface area contributed by atoms with Crippen molar-refractivity contribution in [1.29, 1.82) is 0 Å². The number of nitrogens with one attached hydrogen (secondary N) is 1. The molecule has 0 radical (unpaired) electrons. The van der Waals surface area contributed by atoms with Crippen LogP contribution in [0.4, 0.5) is 0 Å². The summed E-state index contributed by atoms with van der Waals surface area (Å²) >= 11 is 5.75. The number of nitrogens with zero attached hydrogens (tertiary/aromatic N) is 3. The maximum Gasteiger partial charge on any atom is 0.240 e. The lowest BCUT2D eigenvalue weighted by Crippen LogP contribution is -2.07. The monoisotopic (exact) mass is 380 g/mol. The number of allylic oxidation sites excluding steroid dienone is 1. The number of aliphatic hydroxyl groups is 1. The van der Waals surface area contributed by atoms with Gasteiger partial charge in [0.1, 0.15) is 0 Å². The third-order valence-corrected chi connectivity index (χ3v) is 5.05. The minimum atomic E-state index is -4.08. The summed E-state index contributed by atoms with van der Waals surface area (Å²) in [5.41, 5.74) is -0.245. The minimum absolute atomic E-state index is 0.0905. The maximum absolute atomic E-state index is 12.6. The van der Waals surface area contributed by atoms with Gasteiger partial charge in [0.2, 0.25) is 20.8 Å². The first-order chi connectivity index (χ1) is 11.9. The van der Waals surface area contributed by atoms with Crippen LogP contribution in [0.5, 0.6) is 0 Å². The number of aliphatic hydroxyl groups excluding tert-OH is 1. The molecule has 11 heteroatoms. The van der Waals surface area contributed by atoms with Crippen molar-refractivity contribution in [3.8, 4) is 0 Å². The molecule has 9 nitrogen and oxygen atoms in total. The van der Waals surface area contributed by atoms with Gasteiger partial charge in [0.15, 0.2) is 11.5 Å². The number of H-pyrrole nitrogens is 1. The molecule has 25 heavy (non-hydrogen) atoms. The van der Waals surface area contributed by atoms with Crippen LogP contribution in [0.2, 0.25) is 5.02 Å². The van der Waals surface area contributed by atoms with Crippen LogP contribution >= 0.6 is 11.6 Å². The molecule has 1 aromatic carbocycles. The van der Waals surface area contributed by atoms with Crippen LogP contribution in [0.15, 0.2) is 57.1 Å². The first-order valence-corrected chi connectivity index (χ1v) is 8.52. The number of furan rings is 1. The lowest BCUT2D eigenvalue weighted by Gasteiger charge is -2.03. The Hall–Kier alpha value is -2.98. The topological polar surface area (TPSA) is 139 Å². The third-order valence-electron chi connectivity index (χ3n) is 3.11. The molecule has 0 aliphatic carbocycles. The Morgan fingerprint density at radius 3 is 2.60 bits per heavy atom. The van der Waals surface area contributed by atoms with Gasteiger partial charge in [0, 0.05) is 11.1 Å². The number of sulfone groups is 1. The molecule has 3 aromatic rings. The summed E-state index contributed by atoms with van der Waals surface area (Å²) in [7, 11) is -4.08. The smallest absolute Gasteiger partial charge is 0.240 e. The molecule has 2 heterocycles. The number of rotatable bonds is 5. The lowest BCUT2D eigenvalue weighted by atomic mass is 10.2. The standard InChI is InChI=1S/C14H9ClN4O5S/c15-8-1-3-9(4-2-8)25(22,23)14-10(5-6-24-14)11(20)7-12(21)13-16-18-19-17-13/h1-7,21H,(H,16,17,18,19). The van der Waals surface area contributed by atoms with Gasteiger partial charge in [-0.15, -0.1) is 10.2 Å². The lowest BCUT2D eigenvalue weighted by molar-refractivity contribution is 0.104. The molecular weight excluding hydrogens is 372 g/mol. The molecule has 0 spiro atoms. The molecule has 0 unspecified atom stereocenters. The molecule has 0 bridgehead atoms. The number of benzene rings is 1. The van der Waals surface area contributed by atoms with Crippen molar-refractivity contribution in [2.75, 3.05) is 0 Å². The third kappa shape index (κ3) is 3.30. The number of hydrogen-bond acceptors (Lipinski definition) is 8. The molecule has 0 fully saturated rings. The van der Waals surface area contributed by atoms with Crippen LogP contribution in [0.25, 0.3) is 5.76 Å². The van der Waals surface area contributed by atoms with Gasteiger partial charge < -0.3 is 9.52 Å². The van der Waals surface area contributed by atoms with Gasteiger partial charge in [-0.25, -0.2) is 8.42 Å². The Kier molecular flexibility index (Phi) is 4.38. The van der Waals surface area contributed by atoms with E-state index in [0.29, 0.717) is 5.02 Å². The largest absolute Gasteiger partial charge is 0.504 e. The van der Waals surface area contributed by atoms with E-state index in [1.165, 1.54) is 30.3 Å². The number of ketones is 1. The van der Waals surface area contributed by atoms with Crippen molar-refractivity contribution in [3.63, 3.8) is 0 Å². The van der Waals surface area contributed by atoms with Gasteiger partial charge in [-0.3, -0.25) is 4.79 Å². The van der Waals surface area contributed by atoms with Crippen LogP contribution in [0.3, 0.4) is 0 Å². The molecule has 2 N–H and O–H groups in total. The molecule has 2 aromatic heterocycles. The molecule has 0 aliphatic rings. The summed E-state index contributed by atoms with van der Waals surface area (Å²) in [6, 6.07) is 6.58. The van der Waals surface area contributed by atoms with E-state index < -0.39 is 26.5 Å². The van der Waals surface area contributed by atoms with E-state index in [-0.39, 0.29) is 16.3 Å². The molecular formula is C14H9ClN4O5S. The van der Waals surface area contributed by atoms with E-state index in [9.17, 15) is 18.3 Å². The molecule has 0 aliphatic heterocycles. The van der Waals surface area contributed by atoms with Crippen molar-refractivity contribution in [2.45, 2.75) is 9.99 Å². The fourth-order valence-electron chi connectivity index (χ4n) is 1.94. The number of carbonyl (C=O) groups excluding carboxylic acids is 1. The first kappa shape index (κ1) is 16.9. The zero-order valence-corrected chi connectivity index (χ0v) is 13.8. The quantitative estimate of drug-likeness (QED) is 0.389. The van der Waals surface area contributed by atoms with Crippen molar-refractivity contribution in [1.82, 2.24) is 20.6 Å². The van der Waals surface area contributed by atoms with E-state index in [4.69, 9.17) is 16.0 Å². The minimum Gasteiger partial charge on any atom is -0.504 e. The van der Waals surface area contributed by atoms with E-state index in [2.05, 4.69) is 20.6 Å². The normalized spacial score (nSPS) is 12.3. The predicted molar refractivity (Wildman–Crippen MR) is 84.7 cm³/mol. The number of halogens is 1. The number of aromatic amines is 1. The van der Waals surface area contributed by atoms with Crippen molar-refractivity contribution < 1.29 is 22.7 Å². The number of carbonyl (C=O) groups is 1. The highest BCUT2D eigenvalue weighted by Crippen LogP contribution is 2.27. The predicted octanol–water partition coefficient (Wildman–Crippen LogP) is 2.06. The van der Waals surface area contributed by atoms with E-state index in [1.54, 1.807) is 0 Å². The summed E-state index contributed by atoms with van der Waals surface area (Å²) in [5.74, 6) is -1.59. The Morgan fingerprint density at radius 1 is 1.24 bits per heavy atom. The van der Waals surface area contributed by atoms with Crippen LogP contribution in [-0.2, 0) is 9.84 Å². The average molecular weight is 381 g/mol. The Bertz CT molecular complexity index is 1040. The highest BCUT2D eigenvalue weighted by Gasteiger charge is 2.28. The van der Waals surface area contributed by atoms with Gasteiger partial charge in [-0.2, -0.15) is 5.21 Å². The molecule has 0 saturated heterocycles. The fraction of sp³-hybridized carbons (Fsp3) is 0. The van der Waals surface area contributed by atoms with Crippen molar-refractivity contribution in [3.05, 3.63) is 59.1 Å². The highest BCUT2D eigenvalue weighted by molar-refractivity contribution is 7.91. The summed E-state index contributed by atoms with van der Waals surface area (Å²) in [6.07, 6.45) is 1.84. The molecule has 3 rings (SSSR count). The summed E-state index contributed by atoms with van der Waals surface area (Å²) in [4.78, 5) is 12.2. The Labute approximate surface area is 145 Å². The van der Waals surface area contributed by atoms with Gasteiger partial charge in [-0.05, 0) is 35.5 Å². The summed E-state index contributed by atoms with van der Waals surface area (Å²) in [6.45, 7) is 0. The second kappa shape index (κ2) is 6.49. The van der Waals surface area contributed by atoms with Crippen LogP contribution in [0.1, 0.15) is 16.2 Å². The molecule has 128 valence electrons. The van der Waals surface area contributed by atoms with Gasteiger partial charge in [0.25, 0.3) is 0 Å². The fourth-order valence-corrected chi connectivity index (χ4v) is 3.42. The van der Waals surface area contributed by atoms with E-state index in [0.717, 1.165) is 12.3 Å². The molecule has 0 amide bonds. The highest BCUT2D eigenvalue weighted by atomic mass is 35.5. The number of hydrogen-bond donors (Lipinski definition) is 2. The van der Waals surface area contributed by atoms with Gasteiger partial charge >= 0.3 is 0 Å². The van der Waals surface area contributed by atoms with Crippen molar-refractivity contribution >= 4 is 33.0 Å². The van der Waals surface area contributed by atoms with Crippen LogP contribution < -0.4 is 0 Å². The first-order valence-electron chi connectivity index (χ1n) is 6.66. The Balaban J connectivity index is 1.99. The molecule has 0 saturated carbocycles. The Morgan fingerprint density at radius 2 is 1.96 bits per heavy atom. The van der Waals surface area contributed by atoms with Crippen LogP contribution in [0, 0.1) is 0 Å². The maximum atomic E-state index is 12.6. The zero-order valence-electron chi connectivity index (χ0n) is 12.2. The zero-order chi connectivity index (χ0) is 18.0. The van der Waals surface area contributed by atoms with Gasteiger partial charge in [-0.1, -0.05) is 11.6 Å². The van der Waals surface area contributed by atoms with E-state index in [1.807, 2.05) is 0 Å². The average Bonchev–Trinajstić information content (AvgIpc) is 3.27. The van der Waals surface area contributed by atoms with Crippen LogP contribution in [-0.4, -0.2) is 39.9 Å². The van der Waals surface area contributed by atoms with E-state index >= 15 is 0 Å². The second-order valence-electron chi connectivity index (χ2n) is 4.71. The number of aromatic nitrogens is 4. The summed E-state index contributed by atoms with van der Waals surface area (Å²) in [5, 5.41) is 22.0.